The van der Waals surface area contributed by atoms with Crippen LogP contribution in [0.15, 0.2) is 48.5 Å². The highest BCUT2D eigenvalue weighted by molar-refractivity contribution is 6.04. The second kappa shape index (κ2) is 8.50. The first-order valence-electron chi connectivity index (χ1n) is 9.74. The molecule has 1 N–H and O–H groups in total. The number of nitrogens with one attached hydrogen (secondary N) is 1. The van der Waals surface area contributed by atoms with Crippen molar-refractivity contribution in [1.82, 2.24) is 4.90 Å². The van der Waals surface area contributed by atoms with Crippen LogP contribution in [-0.2, 0) is 6.54 Å². The van der Waals surface area contributed by atoms with E-state index in [0.29, 0.717) is 11.5 Å². The molecule has 1 aliphatic rings. The van der Waals surface area contributed by atoms with E-state index in [1.54, 1.807) is 0 Å². The summed E-state index contributed by atoms with van der Waals surface area (Å²) in [6.45, 7) is 10.0. The van der Waals surface area contributed by atoms with Crippen molar-refractivity contribution in [2.45, 2.75) is 46.1 Å². The number of hydrogen-bond donors (Lipinski definition) is 1. The van der Waals surface area contributed by atoms with Gasteiger partial charge in [0, 0.05) is 17.8 Å². The lowest BCUT2D eigenvalue weighted by molar-refractivity contribution is 0.102. The van der Waals surface area contributed by atoms with Crippen LogP contribution < -0.4 is 5.32 Å². The molecule has 2 aromatic carbocycles. The summed E-state index contributed by atoms with van der Waals surface area (Å²) in [6, 6.07) is 16.1. The quantitative estimate of drug-likeness (QED) is 0.794. The van der Waals surface area contributed by atoms with Crippen LogP contribution in [0.5, 0.6) is 0 Å². The monoisotopic (exact) mass is 350 g/mol. The van der Waals surface area contributed by atoms with Gasteiger partial charge in [-0.1, -0.05) is 45.0 Å². The van der Waals surface area contributed by atoms with Crippen molar-refractivity contribution in [3.63, 3.8) is 0 Å². The van der Waals surface area contributed by atoms with Gasteiger partial charge in [0.05, 0.1) is 0 Å². The van der Waals surface area contributed by atoms with Gasteiger partial charge in [0.2, 0.25) is 0 Å². The second-order valence-electron chi connectivity index (χ2n) is 7.89. The lowest BCUT2D eigenvalue weighted by atomic mass is 9.99. The van der Waals surface area contributed by atoms with E-state index in [9.17, 15) is 4.79 Å². The number of rotatable bonds is 5. The van der Waals surface area contributed by atoms with Crippen LogP contribution >= 0.6 is 0 Å². The molecule has 1 heterocycles. The zero-order valence-corrected chi connectivity index (χ0v) is 16.2. The molecule has 3 nitrogen and oxygen atoms in total. The predicted molar refractivity (Wildman–Crippen MR) is 109 cm³/mol. The molecule has 0 saturated carbocycles. The Kier molecular flexibility index (Phi) is 6.10. The summed E-state index contributed by atoms with van der Waals surface area (Å²) in [7, 11) is 0. The minimum Gasteiger partial charge on any atom is -0.322 e. The lowest BCUT2D eigenvalue weighted by Gasteiger charge is -2.30. The highest BCUT2D eigenvalue weighted by atomic mass is 16.1. The summed E-state index contributed by atoms with van der Waals surface area (Å²) in [5.74, 6) is 1.28. The topological polar surface area (TPSA) is 32.3 Å². The van der Waals surface area contributed by atoms with E-state index >= 15 is 0 Å². The van der Waals surface area contributed by atoms with E-state index in [-0.39, 0.29) is 5.91 Å². The predicted octanol–water partition coefficient (Wildman–Crippen LogP) is 5.29. The molecule has 1 saturated heterocycles. The van der Waals surface area contributed by atoms with E-state index < -0.39 is 0 Å². The summed E-state index contributed by atoms with van der Waals surface area (Å²) in [5.41, 5.74) is 4.09. The largest absolute Gasteiger partial charge is 0.322 e. The molecule has 0 atom stereocenters. The van der Waals surface area contributed by atoms with Crippen molar-refractivity contribution >= 4 is 11.6 Å². The van der Waals surface area contributed by atoms with Gasteiger partial charge in [0.25, 0.3) is 5.91 Å². The summed E-state index contributed by atoms with van der Waals surface area (Å²) < 4.78 is 0. The molecule has 0 spiro atoms. The molecule has 2 aromatic rings. The molecule has 1 fully saturated rings. The molecule has 1 aliphatic heterocycles. The van der Waals surface area contributed by atoms with Gasteiger partial charge < -0.3 is 5.32 Å². The molecule has 0 unspecified atom stereocenters. The molecule has 26 heavy (non-hydrogen) atoms. The molecule has 0 radical (unpaired) electrons. The van der Waals surface area contributed by atoms with Gasteiger partial charge in [-0.2, -0.15) is 0 Å². The Balaban J connectivity index is 1.55. The third-order valence-corrected chi connectivity index (χ3v) is 5.33. The van der Waals surface area contributed by atoms with Crippen LogP contribution in [0.25, 0.3) is 0 Å². The average molecular weight is 351 g/mol. The molecule has 1 amide bonds. The minimum absolute atomic E-state index is 0.0573. The number of hydrogen-bond acceptors (Lipinski definition) is 2. The number of carbonyl (C=O) groups excluding carboxylic acids is 1. The molecule has 138 valence electrons. The second-order valence-corrected chi connectivity index (χ2v) is 7.89. The van der Waals surface area contributed by atoms with E-state index in [0.717, 1.165) is 18.2 Å². The summed E-state index contributed by atoms with van der Waals surface area (Å²) in [5, 5.41) is 2.99. The van der Waals surface area contributed by atoms with Gasteiger partial charge in [-0.05, 0) is 73.2 Å². The summed E-state index contributed by atoms with van der Waals surface area (Å²) in [4.78, 5) is 14.9. The van der Waals surface area contributed by atoms with Crippen LogP contribution in [0.1, 0.15) is 61.0 Å². The first kappa shape index (κ1) is 18.7. The van der Waals surface area contributed by atoms with Crippen molar-refractivity contribution in [3.05, 3.63) is 65.2 Å². The third-order valence-electron chi connectivity index (χ3n) is 5.33. The van der Waals surface area contributed by atoms with E-state index in [2.05, 4.69) is 43.1 Å². The van der Waals surface area contributed by atoms with Gasteiger partial charge in [0.15, 0.2) is 0 Å². The maximum atomic E-state index is 12.4. The highest BCUT2D eigenvalue weighted by Crippen LogP contribution is 2.20. The molecule has 3 rings (SSSR count). The van der Waals surface area contributed by atoms with Crippen LogP contribution in [0, 0.1) is 5.92 Å². The number of benzene rings is 2. The van der Waals surface area contributed by atoms with Gasteiger partial charge >= 0.3 is 0 Å². The fourth-order valence-electron chi connectivity index (χ4n) is 3.39. The Morgan fingerprint density at radius 1 is 1.04 bits per heavy atom. The molecular weight excluding hydrogens is 320 g/mol. The van der Waals surface area contributed by atoms with Gasteiger partial charge in [0.1, 0.15) is 0 Å². The van der Waals surface area contributed by atoms with Crippen molar-refractivity contribution in [1.29, 1.82) is 0 Å². The highest BCUT2D eigenvalue weighted by Gasteiger charge is 2.15. The van der Waals surface area contributed by atoms with Crippen molar-refractivity contribution in [2.75, 3.05) is 18.4 Å². The Bertz CT molecular complexity index is 711. The minimum atomic E-state index is -0.0573. The Morgan fingerprint density at radius 3 is 2.23 bits per heavy atom. The zero-order chi connectivity index (χ0) is 18.5. The smallest absolute Gasteiger partial charge is 0.255 e. The number of nitrogens with zero attached hydrogens (tertiary/aromatic N) is 1. The molecular formula is C23H30N2O. The molecule has 3 heteroatoms. The molecule has 0 aromatic heterocycles. The third kappa shape index (κ3) is 4.95. The van der Waals surface area contributed by atoms with Crippen LogP contribution in [-0.4, -0.2) is 23.9 Å². The van der Waals surface area contributed by atoms with Gasteiger partial charge in [-0.3, -0.25) is 9.69 Å². The number of amides is 1. The SMILES string of the molecule is CC1CCN(Cc2ccc(NC(=O)c3ccc(C(C)C)cc3)cc2)CC1. The fraction of sp³-hybridized carbons (Fsp3) is 0.435. The maximum absolute atomic E-state index is 12.4. The van der Waals surface area contributed by atoms with Crippen molar-refractivity contribution in [2.24, 2.45) is 5.92 Å². The Labute approximate surface area is 157 Å². The van der Waals surface area contributed by atoms with Crippen LogP contribution in [0.2, 0.25) is 0 Å². The first-order valence-corrected chi connectivity index (χ1v) is 9.74. The maximum Gasteiger partial charge on any atom is 0.255 e. The van der Waals surface area contributed by atoms with Gasteiger partial charge in [-0.25, -0.2) is 0 Å². The Morgan fingerprint density at radius 2 is 1.65 bits per heavy atom. The number of piperidine rings is 1. The van der Waals surface area contributed by atoms with E-state index in [1.165, 1.54) is 37.1 Å². The summed E-state index contributed by atoms with van der Waals surface area (Å²) in [6.07, 6.45) is 2.59. The Hall–Kier alpha value is -2.13. The van der Waals surface area contributed by atoms with Crippen molar-refractivity contribution < 1.29 is 4.79 Å². The van der Waals surface area contributed by atoms with E-state index in [1.807, 2.05) is 36.4 Å². The standard InChI is InChI=1S/C23H30N2O/c1-17(2)20-6-8-21(9-7-20)23(26)24-22-10-4-19(5-11-22)16-25-14-12-18(3)13-15-25/h4-11,17-18H,12-16H2,1-3H3,(H,24,26). The first-order chi connectivity index (χ1) is 12.5. The fourth-order valence-corrected chi connectivity index (χ4v) is 3.39. The molecule has 0 bridgehead atoms. The summed E-state index contributed by atoms with van der Waals surface area (Å²) >= 11 is 0. The zero-order valence-electron chi connectivity index (χ0n) is 16.2. The number of likely N-dealkylation sites (tertiary alicyclic amines) is 1. The normalized spacial score (nSPS) is 16.0. The number of anilines is 1. The number of carbonyl (C=O) groups is 1. The van der Waals surface area contributed by atoms with Crippen LogP contribution in [0.4, 0.5) is 5.69 Å². The van der Waals surface area contributed by atoms with Crippen LogP contribution in [0.3, 0.4) is 0 Å². The molecule has 0 aliphatic carbocycles. The van der Waals surface area contributed by atoms with Gasteiger partial charge in [-0.15, -0.1) is 0 Å². The lowest BCUT2D eigenvalue weighted by Crippen LogP contribution is -2.32. The van der Waals surface area contributed by atoms with Crippen molar-refractivity contribution in [3.8, 4) is 0 Å². The average Bonchev–Trinajstić information content (AvgIpc) is 2.65. The van der Waals surface area contributed by atoms with E-state index in [4.69, 9.17) is 0 Å².